The van der Waals surface area contributed by atoms with Gasteiger partial charge in [-0.25, -0.2) is 0 Å². The molecule has 0 radical (unpaired) electrons. The Hall–Kier alpha value is -1.87. The average molecular weight is 262 g/mol. The standard InChI is InChI=1S/C14H12ClNO2/c1-10(14(17)11-3-2-8-16-9-11)18-13-6-4-12(15)5-7-13/h2-10H,1H3. The topological polar surface area (TPSA) is 39.2 Å². The highest BCUT2D eigenvalue weighted by atomic mass is 35.5. The van der Waals surface area contributed by atoms with Crippen molar-refractivity contribution in [3.63, 3.8) is 0 Å². The Labute approximate surface area is 110 Å². The van der Waals surface area contributed by atoms with Crippen LogP contribution in [0, 0.1) is 0 Å². The van der Waals surface area contributed by atoms with Crippen molar-refractivity contribution in [2.75, 3.05) is 0 Å². The molecule has 1 heterocycles. The van der Waals surface area contributed by atoms with Crippen molar-refractivity contribution in [3.05, 3.63) is 59.4 Å². The third-order valence-electron chi connectivity index (χ3n) is 2.44. The van der Waals surface area contributed by atoms with Gasteiger partial charge in [0.15, 0.2) is 6.10 Å². The summed E-state index contributed by atoms with van der Waals surface area (Å²) >= 11 is 5.78. The maximum atomic E-state index is 12.0. The molecule has 1 aromatic carbocycles. The first-order chi connectivity index (χ1) is 8.66. The molecule has 3 nitrogen and oxygen atoms in total. The predicted molar refractivity (Wildman–Crippen MR) is 70.1 cm³/mol. The zero-order chi connectivity index (χ0) is 13.0. The summed E-state index contributed by atoms with van der Waals surface area (Å²) in [7, 11) is 0. The second kappa shape index (κ2) is 5.65. The Morgan fingerprint density at radius 1 is 1.28 bits per heavy atom. The molecule has 1 atom stereocenters. The molecule has 4 heteroatoms. The molecule has 18 heavy (non-hydrogen) atoms. The highest BCUT2D eigenvalue weighted by molar-refractivity contribution is 6.30. The van der Waals surface area contributed by atoms with Crippen LogP contribution in [0.4, 0.5) is 0 Å². The number of ketones is 1. The Morgan fingerprint density at radius 2 is 2.00 bits per heavy atom. The largest absolute Gasteiger partial charge is 0.483 e. The molecule has 2 rings (SSSR count). The summed E-state index contributed by atoms with van der Waals surface area (Å²) in [6, 6.07) is 10.3. The van der Waals surface area contributed by atoms with Crippen molar-refractivity contribution in [2.24, 2.45) is 0 Å². The molecule has 0 spiro atoms. The van der Waals surface area contributed by atoms with E-state index in [0.717, 1.165) is 0 Å². The fraction of sp³-hybridized carbons (Fsp3) is 0.143. The minimum Gasteiger partial charge on any atom is -0.483 e. The van der Waals surface area contributed by atoms with E-state index < -0.39 is 6.10 Å². The van der Waals surface area contributed by atoms with Crippen LogP contribution in [-0.4, -0.2) is 16.9 Å². The Kier molecular flexibility index (Phi) is 3.95. The SMILES string of the molecule is CC(Oc1ccc(Cl)cc1)C(=O)c1cccnc1. The van der Waals surface area contributed by atoms with Crippen molar-refractivity contribution in [1.29, 1.82) is 0 Å². The van der Waals surface area contributed by atoms with Crippen LogP contribution in [0.15, 0.2) is 48.8 Å². The predicted octanol–water partition coefficient (Wildman–Crippen LogP) is 3.39. The molecule has 0 aliphatic rings. The molecule has 0 bridgehead atoms. The number of rotatable bonds is 4. The lowest BCUT2D eigenvalue weighted by Gasteiger charge is -2.13. The van der Waals surface area contributed by atoms with Crippen molar-refractivity contribution >= 4 is 17.4 Å². The van der Waals surface area contributed by atoms with Gasteiger partial charge < -0.3 is 4.74 Å². The zero-order valence-corrected chi connectivity index (χ0v) is 10.6. The number of halogens is 1. The lowest BCUT2D eigenvalue weighted by molar-refractivity contribution is 0.0818. The highest BCUT2D eigenvalue weighted by Gasteiger charge is 2.16. The molecule has 0 amide bonds. The lowest BCUT2D eigenvalue weighted by Crippen LogP contribution is -2.23. The molecule has 0 saturated heterocycles. The number of hydrogen-bond acceptors (Lipinski definition) is 3. The molecule has 0 fully saturated rings. The van der Waals surface area contributed by atoms with Crippen molar-refractivity contribution in [2.45, 2.75) is 13.0 Å². The molecule has 0 aliphatic heterocycles. The van der Waals surface area contributed by atoms with E-state index in [-0.39, 0.29) is 5.78 Å². The fourth-order valence-corrected chi connectivity index (χ4v) is 1.64. The van der Waals surface area contributed by atoms with Gasteiger partial charge in [0.25, 0.3) is 0 Å². The smallest absolute Gasteiger partial charge is 0.204 e. The first kappa shape index (κ1) is 12.6. The minimum absolute atomic E-state index is 0.0990. The first-order valence-corrected chi connectivity index (χ1v) is 5.91. The van der Waals surface area contributed by atoms with Crippen LogP contribution in [0.3, 0.4) is 0 Å². The van der Waals surface area contributed by atoms with Gasteiger partial charge in [-0.3, -0.25) is 9.78 Å². The van der Waals surface area contributed by atoms with Crippen LogP contribution in [0.1, 0.15) is 17.3 Å². The number of ether oxygens (including phenoxy) is 1. The molecule has 1 unspecified atom stereocenters. The molecular weight excluding hydrogens is 250 g/mol. The van der Waals surface area contributed by atoms with Gasteiger partial charge in [-0.05, 0) is 43.3 Å². The third-order valence-corrected chi connectivity index (χ3v) is 2.69. The minimum atomic E-state index is -0.560. The van der Waals surface area contributed by atoms with Crippen LogP contribution >= 0.6 is 11.6 Å². The third kappa shape index (κ3) is 3.08. The van der Waals surface area contributed by atoms with E-state index in [9.17, 15) is 4.79 Å². The second-order valence-electron chi connectivity index (χ2n) is 3.82. The molecule has 2 aromatic rings. The summed E-state index contributed by atoms with van der Waals surface area (Å²) < 4.78 is 5.55. The number of aromatic nitrogens is 1. The van der Waals surface area contributed by atoms with Crippen molar-refractivity contribution in [3.8, 4) is 5.75 Å². The summed E-state index contributed by atoms with van der Waals surface area (Å²) in [5.41, 5.74) is 0.541. The summed E-state index contributed by atoms with van der Waals surface area (Å²) in [5.74, 6) is 0.516. The van der Waals surface area contributed by atoms with E-state index in [0.29, 0.717) is 16.3 Å². The lowest BCUT2D eigenvalue weighted by atomic mass is 10.1. The number of carbonyl (C=O) groups excluding carboxylic acids is 1. The van der Waals surface area contributed by atoms with Crippen molar-refractivity contribution in [1.82, 2.24) is 4.98 Å². The number of benzene rings is 1. The van der Waals surface area contributed by atoms with E-state index >= 15 is 0 Å². The maximum absolute atomic E-state index is 12.0. The molecule has 0 aliphatic carbocycles. The number of carbonyl (C=O) groups is 1. The van der Waals surface area contributed by atoms with E-state index in [2.05, 4.69) is 4.98 Å². The van der Waals surface area contributed by atoms with E-state index in [4.69, 9.17) is 16.3 Å². The summed E-state index contributed by atoms with van der Waals surface area (Å²) in [6.45, 7) is 1.71. The van der Waals surface area contributed by atoms with Crippen LogP contribution in [0.2, 0.25) is 5.02 Å². The van der Waals surface area contributed by atoms with Gasteiger partial charge in [0.1, 0.15) is 5.75 Å². The van der Waals surface area contributed by atoms with E-state index in [1.807, 2.05) is 0 Å². The summed E-state index contributed by atoms with van der Waals surface area (Å²) in [6.07, 6.45) is 2.60. The molecule has 0 saturated carbocycles. The molecule has 1 aromatic heterocycles. The maximum Gasteiger partial charge on any atom is 0.204 e. The molecule has 0 N–H and O–H groups in total. The van der Waals surface area contributed by atoms with E-state index in [1.54, 1.807) is 49.5 Å². The zero-order valence-electron chi connectivity index (χ0n) is 9.84. The van der Waals surface area contributed by atoms with Gasteiger partial charge >= 0.3 is 0 Å². The Morgan fingerprint density at radius 3 is 2.61 bits per heavy atom. The number of Topliss-reactive ketones (excluding diaryl/α,β-unsaturated/α-hetero) is 1. The normalized spacial score (nSPS) is 11.9. The number of nitrogens with zero attached hydrogens (tertiary/aromatic N) is 1. The van der Waals surface area contributed by atoms with Crippen LogP contribution in [-0.2, 0) is 0 Å². The average Bonchev–Trinajstić information content (AvgIpc) is 2.41. The summed E-state index contributed by atoms with van der Waals surface area (Å²) in [5, 5.41) is 0.633. The van der Waals surface area contributed by atoms with Crippen LogP contribution in [0.5, 0.6) is 5.75 Å². The van der Waals surface area contributed by atoms with Gasteiger partial charge in [-0.2, -0.15) is 0 Å². The number of pyridine rings is 1. The molecular formula is C14H12ClNO2. The van der Waals surface area contributed by atoms with Crippen LogP contribution < -0.4 is 4.74 Å². The van der Waals surface area contributed by atoms with E-state index in [1.165, 1.54) is 6.20 Å². The van der Waals surface area contributed by atoms with Gasteiger partial charge in [0.2, 0.25) is 5.78 Å². The second-order valence-corrected chi connectivity index (χ2v) is 4.26. The monoisotopic (exact) mass is 261 g/mol. The number of hydrogen-bond donors (Lipinski definition) is 0. The van der Waals surface area contributed by atoms with Crippen LogP contribution in [0.25, 0.3) is 0 Å². The Bertz CT molecular complexity index is 525. The summed E-state index contributed by atoms with van der Waals surface area (Å²) in [4.78, 5) is 15.9. The highest BCUT2D eigenvalue weighted by Crippen LogP contribution is 2.17. The fourth-order valence-electron chi connectivity index (χ4n) is 1.51. The quantitative estimate of drug-likeness (QED) is 0.792. The van der Waals surface area contributed by atoms with Gasteiger partial charge in [-0.1, -0.05) is 11.6 Å². The van der Waals surface area contributed by atoms with Crippen molar-refractivity contribution < 1.29 is 9.53 Å². The van der Waals surface area contributed by atoms with Gasteiger partial charge in [0, 0.05) is 23.0 Å². The molecule has 92 valence electrons. The first-order valence-electron chi connectivity index (χ1n) is 5.53. The Balaban J connectivity index is 2.06. The van der Waals surface area contributed by atoms with Gasteiger partial charge in [0.05, 0.1) is 0 Å². The van der Waals surface area contributed by atoms with Gasteiger partial charge in [-0.15, -0.1) is 0 Å².